The van der Waals surface area contributed by atoms with Gasteiger partial charge in [0.1, 0.15) is 5.69 Å². The topological polar surface area (TPSA) is 89.4 Å². The molecule has 1 heterocycles. The first-order chi connectivity index (χ1) is 11.5. The fourth-order valence-electron chi connectivity index (χ4n) is 2.29. The highest BCUT2D eigenvalue weighted by atomic mass is 35.5. The molecule has 1 aromatic heterocycles. The second-order valence-corrected chi connectivity index (χ2v) is 5.74. The molecule has 0 aliphatic carbocycles. The van der Waals surface area contributed by atoms with Gasteiger partial charge in [-0.2, -0.15) is 0 Å². The zero-order valence-electron chi connectivity index (χ0n) is 12.1. The van der Waals surface area contributed by atoms with Gasteiger partial charge in [-0.05, 0) is 24.3 Å². The predicted octanol–water partition coefficient (Wildman–Crippen LogP) is 4.72. The van der Waals surface area contributed by atoms with E-state index in [1.807, 2.05) is 0 Å². The van der Waals surface area contributed by atoms with Gasteiger partial charge in [0.2, 0.25) is 0 Å². The molecule has 0 saturated heterocycles. The number of hydrogen-bond donors (Lipinski definition) is 1. The Labute approximate surface area is 146 Å². The monoisotopic (exact) mass is 364 g/mol. The molecule has 0 saturated carbocycles. The highest BCUT2D eigenvalue weighted by Crippen LogP contribution is 2.35. The van der Waals surface area contributed by atoms with E-state index in [0.717, 1.165) is 0 Å². The molecule has 0 amide bonds. The molecule has 0 spiro atoms. The molecule has 0 radical (unpaired) electrons. The van der Waals surface area contributed by atoms with Gasteiger partial charge in [-0.15, -0.1) is 0 Å². The standard InChI is InChI=1S/C16H10Cl2N2O4/c17-13-6-3-10(7-14(13)18)15-12(8-21)16(24-19-15)9-1-4-11(5-2-9)20(22)23/h1-7,21H,8H2. The molecule has 3 aromatic rings. The number of aromatic nitrogens is 1. The summed E-state index contributed by atoms with van der Waals surface area (Å²) in [6.07, 6.45) is 0. The lowest BCUT2D eigenvalue weighted by atomic mass is 10.0. The van der Waals surface area contributed by atoms with Crippen LogP contribution in [0.2, 0.25) is 10.0 Å². The van der Waals surface area contributed by atoms with Gasteiger partial charge in [-0.1, -0.05) is 34.4 Å². The average Bonchev–Trinajstić information content (AvgIpc) is 3.01. The van der Waals surface area contributed by atoms with Crippen molar-refractivity contribution in [3.05, 3.63) is 68.2 Å². The second kappa shape index (κ2) is 6.60. The SMILES string of the molecule is O=[N+]([O-])c1ccc(-c2onc(-c3ccc(Cl)c(Cl)c3)c2CO)cc1. The summed E-state index contributed by atoms with van der Waals surface area (Å²) in [5.41, 5.74) is 2.08. The summed E-state index contributed by atoms with van der Waals surface area (Å²) in [5, 5.41) is 25.2. The molecule has 0 fully saturated rings. The first-order valence-electron chi connectivity index (χ1n) is 6.81. The Morgan fingerprint density at radius 3 is 2.33 bits per heavy atom. The molecule has 122 valence electrons. The van der Waals surface area contributed by atoms with Crippen LogP contribution >= 0.6 is 23.2 Å². The lowest BCUT2D eigenvalue weighted by Crippen LogP contribution is -1.90. The normalized spacial score (nSPS) is 10.8. The molecule has 24 heavy (non-hydrogen) atoms. The number of rotatable bonds is 4. The fraction of sp³-hybridized carbons (Fsp3) is 0.0625. The molecule has 6 nitrogen and oxygen atoms in total. The summed E-state index contributed by atoms with van der Waals surface area (Å²) < 4.78 is 5.34. The zero-order valence-corrected chi connectivity index (χ0v) is 13.6. The van der Waals surface area contributed by atoms with Crippen molar-refractivity contribution in [3.8, 4) is 22.6 Å². The Bertz CT molecular complexity index is 907. The lowest BCUT2D eigenvalue weighted by molar-refractivity contribution is -0.384. The van der Waals surface area contributed by atoms with Gasteiger partial charge in [0, 0.05) is 23.3 Å². The summed E-state index contributed by atoms with van der Waals surface area (Å²) in [7, 11) is 0. The molecular weight excluding hydrogens is 355 g/mol. The van der Waals surface area contributed by atoms with Crippen LogP contribution in [0, 0.1) is 10.1 Å². The summed E-state index contributed by atoms with van der Waals surface area (Å²) in [6, 6.07) is 10.8. The summed E-state index contributed by atoms with van der Waals surface area (Å²) in [5.74, 6) is 0.341. The van der Waals surface area contributed by atoms with Gasteiger partial charge in [-0.3, -0.25) is 10.1 Å². The van der Waals surface area contributed by atoms with Crippen LogP contribution in [-0.2, 0) is 6.61 Å². The predicted molar refractivity (Wildman–Crippen MR) is 90.0 cm³/mol. The summed E-state index contributed by atoms with van der Waals surface area (Å²) in [6.45, 7) is -0.314. The quantitative estimate of drug-likeness (QED) is 0.534. The van der Waals surface area contributed by atoms with E-state index < -0.39 is 4.92 Å². The van der Waals surface area contributed by atoms with E-state index in [1.54, 1.807) is 18.2 Å². The first-order valence-corrected chi connectivity index (χ1v) is 7.56. The van der Waals surface area contributed by atoms with Crippen LogP contribution in [0.3, 0.4) is 0 Å². The highest BCUT2D eigenvalue weighted by Gasteiger charge is 2.19. The minimum atomic E-state index is -0.488. The molecule has 2 aromatic carbocycles. The molecule has 1 N–H and O–H groups in total. The molecule has 3 rings (SSSR count). The van der Waals surface area contributed by atoms with Gasteiger partial charge in [0.15, 0.2) is 5.76 Å². The number of non-ortho nitro benzene ring substituents is 1. The van der Waals surface area contributed by atoms with Gasteiger partial charge >= 0.3 is 0 Å². The molecular formula is C16H10Cl2N2O4. The van der Waals surface area contributed by atoms with Crippen LogP contribution in [0.15, 0.2) is 47.0 Å². The maximum atomic E-state index is 10.7. The Morgan fingerprint density at radius 1 is 1.08 bits per heavy atom. The van der Waals surface area contributed by atoms with Crippen LogP contribution in [0.4, 0.5) is 5.69 Å². The third kappa shape index (κ3) is 2.99. The van der Waals surface area contributed by atoms with Crippen molar-refractivity contribution in [1.29, 1.82) is 0 Å². The maximum Gasteiger partial charge on any atom is 0.269 e. The number of hydrogen-bond acceptors (Lipinski definition) is 5. The molecule has 0 aliphatic heterocycles. The number of nitro groups is 1. The Morgan fingerprint density at radius 2 is 1.75 bits per heavy atom. The Hall–Kier alpha value is -2.41. The number of nitro benzene ring substituents is 1. The lowest BCUT2D eigenvalue weighted by Gasteiger charge is -2.03. The summed E-state index contributed by atoms with van der Waals surface area (Å²) in [4.78, 5) is 10.2. The van der Waals surface area contributed by atoms with Crippen LogP contribution in [0.5, 0.6) is 0 Å². The average molecular weight is 365 g/mol. The van der Waals surface area contributed by atoms with Crippen LogP contribution < -0.4 is 0 Å². The van der Waals surface area contributed by atoms with E-state index in [9.17, 15) is 15.2 Å². The Balaban J connectivity index is 2.06. The fourth-order valence-corrected chi connectivity index (χ4v) is 2.59. The Kier molecular flexibility index (Phi) is 4.53. The number of benzene rings is 2. The van der Waals surface area contributed by atoms with Gasteiger partial charge in [0.05, 0.1) is 27.1 Å². The number of nitrogens with zero attached hydrogens (tertiary/aromatic N) is 2. The number of aliphatic hydroxyl groups excluding tert-OH is 1. The summed E-state index contributed by atoms with van der Waals surface area (Å²) >= 11 is 11.9. The first kappa shape index (κ1) is 16.4. The van der Waals surface area contributed by atoms with Crippen LogP contribution in [0.1, 0.15) is 5.56 Å². The van der Waals surface area contributed by atoms with Crippen molar-refractivity contribution in [1.82, 2.24) is 5.16 Å². The van der Waals surface area contributed by atoms with Crippen molar-refractivity contribution < 1.29 is 14.6 Å². The minimum absolute atomic E-state index is 0.0338. The van der Waals surface area contributed by atoms with E-state index in [2.05, 4.69) is 5.16 Å². The largest absolute Gasteiger partial charge is 0.391 e. The zero-order chi connectivity index (χ0) is 17.3. The maximum absolute atomic E-state index is 10.7. The molecule has 0 unspecified atom stereocenters. The smallest absolute Gasteiger partial charge is 0.269 e. The number of aliphatic hydroxyl groups is 1. The number of halogens is 2. The van der Waals surface area contributed by atoms with Gasteiger partial charge < -0.3 is 9.63 Å². The van der Waals surface area contributed by atoms with Crippen molar-refractivity contribution in [2.24, 2.45) is 0 Å². The molecule has 8 heteroatoms. The van der Waals surface area contributed by atoms with E-state index in [0.29, 0.717) is 38.2 Å². The van der Waals surface area contributed by atoms with Crippen molar-refractivity contribution >= 4 is 28.9 Å². The minimum Gasteiger partial charge on any atom is -0.391 e. The third-order valence-electron chi connectivity index (χ3n) is 3.48. The van der Waals surface area contributed by atoms with Gasteiger partial charge in [0.25, 0.3) is 5.69 Å². The van der Waals surface area contributed by atoms with Crippen molar-refractivity contribution in [3.63, 3.8) is 0 Å². The van der Waals surface area contributed by atoms with E-state index in [4.69, 9.17) is 27.7 Å². The van der Waals surface area contributed by atoms with Gasteiger partial charge in [-0.25, -0.2) is 0 Å². The van der Waals surface area contributed by atoms with Crippen molar-refractivity contribution in [2.45, 2.75) is 6.61 Å². The molecule has 0 aliphatic rings. The van der Waals surface area contributed by atoms with Crippen LogP contribution in [-0.4, -0.2) is 15.2 Å². The van der Waals surface area contributed by atoms with Crippen molar-refractivity contribution in [2.75, 3.05) is 0 Å². The van der Waals surface area contributed by atoms with Crippen LogP contribution in [0.25, 0.3) is 22.6 Å². The van der Waals surface area contributed by atoms with E-state index in [-0.39, 0.29) is 12.3 Å². The van der Waals surface area contributed by atoms with E-state index in [1.165, 1.54) is 24.3 Å². The third-order valence-corrected chi connectivity index (χ3v) is 4.22. The second-order valence-electron chi connectivity index (χ2n) is 4.93. The molecule has 0 bridgehead atoms. The highest BCUT2D eigenvalue weighted by molar-refractivity contribution is 6.42. The molecule has 0 atom stereocenters. The van der Waals surface area contributed by atoms with E-state index >= 15 is 0 Å².